The van der Waals surface area contributed by atoms with Crippen LogP contribution >= 0.6 is 0 Å². The summed E-state index contributed by atoms with van der Waals surface area (Å²) in [6.45, 7) is 4.67. The fraction of sp³-hybridized carbons (Fsp3) is 0.417. The number of aromatic nitrogens is 2. The van der Waals surface area contributed by atoms with Gasteiger partial charge in [-0.1, -0.05) is 13.8 Å². The molecule has 0 atom stereocenters. The third-order valence-corrected chi connectivity index (χ3v) is 3.08. The molecule has 1 aliphatic rings. The van der Waals surface area contributed by atoms with Crippen molar-refractivity contribution in [2.75, 3.05) is 0 Å². The summed E-state index contributed by atoms with van der Waals surface area (Å²) in [7, 11) is 0. The second-order valence-electron chi connectivity index (χ2n) is 5.00. The van der Waals surface area contributed by atoms with Gasteiger partial charge in [-0.2, -0.15) is 5.10 Å². The van der Waals surface area contributed by atoms with Gasteiger partial charge in [-0.15, -0.1) is 0 Å². The van der Waals surface area contributed by atoms with E-state index in [0.29, 0.717) is 5.41 Å². The van der Waals surface area contributed by atoms with Crippen molar-refractivity contribution in [1.29, 1.82) is 0 Å². The van der Waals surface area contributed by atoms with E-state index in [0.717, 1.165) is 0 Å². The van der Waals surface area contributed by atoms with E-state index in [-0.39, 0.29) is 0 Å². The summed E-state index contributed by atoms with van der Waals surface area (Å²) in [4.78, 5) is 0. The van der Waals surface area contributed by atoms with Gasteiger partial charge in [0.2, 0.25) is 0 Å². The maximum absolute atomic E-state index is 4.31. The molecule has 1 aliphatic carbocycles. The van der Waals surface area contributed by atoms with Crippen LogP contribution in [0, 0.1) is 5.41 Å². The van der Waals surface area contributed by atoms with E-state index in [4.69, 9.17) is 0 Å². The van der Waals surface area contributed by atoms with Crippen LogP contribution in [0.3, 0.4) is 0 Å². The smallest absolute Gasteiger partial charge is 0.0681 e. The van der Waals surface area contributed by atoms with Crippen molar-refractivity contribution >= 4 is 5.52 Å². The van der Waals surface area contributed by atoms with Gasteiger partial charge in [-0.25, -0.2) is 4.52 Å². The second kappa shape index (κ2) is 2.38. The van der Waals surface area contributed by atoms with E-state index in [9.17, 15) is 0 Å². The monoisotopic (exact) mass is 186 g/mol. The minimum Gasteiger partial charge on any atom is -0.240 e. The van der Waals surface area contributed by atoms with Gasteiger partial charge in [0.1, 0.15) is 0 Å². The molecular formula is C12H14N2. The zero-order valence-electron chi connectivity index (χ0n) is 8.62. The van der Waals surface area contributed by atoms with Crippen LogP contribution in [0.4, 0.5) is 0 Å². The van der Waals surface area contributed by atoms with Crippen molar-refractivity contribution in [1.82, 2.24) is 9.61 Å². The van der Waals surface area contributed by atoms with Crippen LogP contribution in [0.25, 0.3) is 5.52 Å². The molecule has 0 radical (unpaired) electrons. The van der Waals surface area contributed by atoms with Crippen molar-refractivity contribution in [2.45, 2.75) is 26.7 Å². The Balaban J connectivity index is 2.26. The zero-order chi connectivity index (χ0) is 9.76. The Kier molecular flexibility index (Phi) is 1.37. The lowest BCUT2D eigenvalue weighted by Gasteiger charge is -2.15. The Morgan fingerprint density at radius 2 is 2.21 bits per heavy atom. The molecule has 3 rings (SSSR count). The molecule has 0 fully saturated rings. The second-order valence-corrected chi connectivity index (χ2v) is 5.00. The van der Waals surface area contributed by atoms with Gasteiger partial charge in [0, 0.05) is 12.4 Å². The lowest BCUT2D eigenvalue weighted by Crippen LogP contribution is -2.10. The summed E-state index contributed by atoms with van der Waals surface area (Å²) < 4.78 is 2.00. The first-order valence-corrected chi connectivity index (χ1v) is 5.10. The summed E-state index contributed by atoms with van der Waals surface area (Å²) >= 11 is 0. The molecule has 0 N–H and O–H groups in total. The van der Waals surface area contributed by atoms with Gasteiger partial charge in [0.25, 0.3) is 0 Å². The predicted molar refractivity (Wildman–Crippen MR) is 56.4 cm³/mol. The molecule has 0 aliphatic heterocycles. The first-order chi connectivity index (χ1) is 6.66. The molecule has 0 spiro atoms. The lowest BCUT2D eigenvalue weighted by molar-refractivity contribution is 0.391. The Labute approximate surface area is 83.6 Å². The van der Waals surface area contributed by atoms with Crippen LogP contribution in [0.1, 0.15) is 25.0 Å². The van der Waals surface area contributed by atoms with Crippen LogP contribution in [-0.4, -0.2) is 9.61 Å². The van der Waals surface area contributed by atoms with Crippen LogP contribution in [0.2, 0.25) is 0 Å². The van der Waals surface area contributed by atoms with Crippen LogP contribution in [-0.2, 0) is 12.8 Å². The molecule has 0 aromatic carbocycles. The molecule has 2 nitrogen and oxygen atoms in total. The fourth-order valence-electron chi connectivity index (χ4n) is 2.53. The summed E-state index contributed by atoms with van der Waals surface area (Å²) in [5, 5.41) is 4.31. The highest BCUT2D eigenvalue weighted by molar-refractivity contribution is 5.60. The number of fused-ring (bicyclic) bond motifs is 3. The highest BCUT2D eigenvalue weighted by Crippen LogP contribution is 2.38. The van der Waals surface area contributed by atoms with Gasteiger partial charge < -0.3 is 0 Å². The average molecular weight is 186 g/mol. The largest absolute Gasteiger partial charge is 0.240 e. The third kappa shape index (κ3) is 0.999. The minimum atomic E-state index is 0.440. The molecule has 2 heteroatoms. The van der Waals surface area contributed by atoms with Crippen molar-refractivity contribution in [3.8, 4) is 0 Å². The van der Waals surface area contributed by atoms with E-state index in [2.05, 4.69) is 31.2 Å². The maximum atomic E-state index is 4.31. The Morgan fingerprint density at radius 3 is 3.07 bits per heavy atom. The standard InChI is InChI=1S/C12H14N2/c1-12(2)6-9-8-14-11(10(9)7-12)4-3-5-13-14/h3-5,8H,6-7H2,1-2H3. The first kappa shape index (κ1) is 8.04. The van der Waals surface area contributed by atoms with Gasteiger partial charge in [-0.3, -0.25) is 0 Å². The van der Waals surface area contributed by atoms with E-state index in [1.54, 1.807) is 0 Å². The SMILES string of the molecule is CC1(C)Cc2cn3ncccc3c2C1. The maximum Gasteiger partial charge on any atom is 0.0681 e. The van der Waals surface area contributed by atoms with Crippen LogP contribution < -0.4 is 0 Å². The molecule has 72 valence electrons. The molecule has 0 bridgehead atoms. The van der Waals surface area contributed by atoms with Gasteiger partial charge in [0.05, 0.1) is 5.52 Å². The average Bonchev–Trinajstić information content (AvgIpc) is 2.56. The molecule has 14 heavy (non-hydrogen) atoms. The number of nitrogens with zero attached hydrogens (tertiary/aromatic N) is 2. The van der Waals surface area contributed by atoms with E-state index < -0.39 is 0 Å². The summed E-state index contributed by atoms with van der Waals surface area (Å²) in [5.74, 6) is 0. The molecule has 2 heterocycles. The van der Waals surface area contributed by atoms with E-state index in [1.807, 2.05) is 16.8 Å². The molecule has 2 aromatic rings. The molecule has 0 unspecified atom stereocenters. The van der Waals surface area contributed by atoms with Crippen LogP contribution in [0.15, 0.2) is 24.5 Å². The van der Waals surface area contributed by atoms with Gasteiger partial charge in [0.15, 0.2) is 0 Å². The first-order valence-electron chi connectivity index (χ1n) is 5.10. The Hall–Kier alpha value is -1.31. The molecule has 0 amide bonds. The molecule has 2 aromatic heterocycles. The van der Waals surface area contributed by atoms with Crippen molar-refractivity contribution in [3.05, 3.63) is 35.7 Å². The molecule has 0 saturated carbocycles. The third-order valence-electron chi connectivity index (χ3n) is 3.08. The van der Waals surface area contributed by atoms with Crippen molar-refractivity contribution in [2.24, 2.45) is 5.41 Å². The fourth-order valence-corrected chi connectivity index (χ4v) is 2.53. The lowest BCUT2D eigenvalue weighted by atomic mass is 9.90. The quantitative estimate of drug-likeness (QED) is 0.617. The molecular weight excluding hydrogens is 172 g/mol. The van der Waals surface area contributed by atoms with Crippen molar-refractivity contribution in [3.63, 3.8) is 0 Å². The topological polar surface area (TPSA) is 17.3 Å². The normalized spacial score (nSPS) is 18.7. The number of hydrogen-bond donors (Lipinski definition) is 0. The molecule has 0 saturated heterocycles. The highest BCUT2D eigenvalue weighted by atomic mass is 15.2. The minimum absolute atomic E-state index is 0.440. The summed E-state index contributed by atoms with van der Waals surface area (Å²) in [5.41, 5.74) is 4.71. The predicted octanol–water partition coefficient (Wildman–Crippen LogP) is 2.46. The van der Waals surface area contributed by atoms with Gasteiger partial charge in [-0.05, 0) is 41.5 Å². The Bertz CT molecular complexity index is 494. The van der Waals surface area contributed by atoms with E-state index >= 15 is 0 Å². The van der Waals surface area contributed by atoms with Crippen LogP contribution in [0.5, 0.6) is 0 Å². The zero-order valence-corrected chi connectivity index (χ0v) is 8.62. The van der Waals surface area contributed by atoms with Gasteiger partial charge >= 0.3 is 0 Å². The highest BCUT2D eigenvalue weighted by Gasteiger charge is 2.30. The number of rotatable bonds is 0. The van der Waals surface area contributed by atoms with E-state index in [1.165, 1.54) is 29.5 Å². The van der Waals surface area contributed by atoms with Crippen molar-refractivity contribution < 1.29 is 0 Å². The summed E-state index contributed by atoms with van der Waals surface area (Å²) in [6.07, 6.45) is 6.39. The summed E-state index contributed by atoms with van der Waals surface area (Å²) in [6, 6.07) is 4.17. The Morgan fingerprint density at radius 1 is 1.36 bits per heavy atom. The number of hydrogen-bond acceptors (Lipinski definition) is 1.